The maximum Gasteiger partial charge on any atom is 0.244 e. The van der Waals surface area contributed by atoms with Gasteiger partial charge in [0, 0.05) is 31.7 Å². The van der Waals surface area contributed by atoms with Crippen LogP contribution in [0.15, 0.2) is 23.1 Å². The van der Waals surface area contributed by atoms with E-state index >= 15 is 0 Å². The molecular formula is C14H22ClN3O3S. The predicted molar refractivity (Wildman–Crippen MR) is 88.7 cm³/mol. The lowest BCUT2D eigenvalue weighted by atomic mass is 10.3. The number of benzene rings is 1. The van der Waals surface area contributed by atoms with Crippen LogP contribution in [0.2, 0.25) is 5.02 Å². The normalized spacial score (nSPS) is 11.7. The van der Waals surface area contributed by atoms with Gasteiger partial charge >= 0.3 is 0 Å². The Morgan fingerprint density at radius 2 is 1.91 bits per heavy atom. The summed E-state index contributed by atoms with van der Waals surface area (Å²) >= 11 is 6.03. The minimum Gasteiger partial charge on any atom is -0.326 e. The molecule has 2 N–H and O–H groups in total. The Balaban J connectivity index is 3.07. The van der Waals surface area contributed by atoms with E-state index in [-0.39, 0.29) is 15.8 Å². The van der Waals surface area contributed by atoms with E-state index in [0.29, 0.717) is 31.7 Å². The molecule has 0 aliphatic carbocycles. The lowest BCUT2D eigenvalue weighted by Gasteiger charge is -2.19. The summed E-state index contributed by atoms with van der Waals surface area (Å²) in [6, 6.07) is 4.46. The second kappa shape index (κ2) is 8.47. The zero-order valence-corrected chi connectivity index (χ0v) is 14.6. The van der Waals surface area contributed by atoms with Crippen LogP contribution in [0, 0.1) is 0 Å². The summed E-state index contributed by atoms with van der Waals surface area (Å²) in [5.41, 5.74) is 0.413. The molecule has 1 amide bonds. The molecule has 1 rings (SSSR count). The van der Waals surface area contributed by atoms with E-state index in [9.17, 15) is 13.2 Å². The third kappa shape index (κ3) is 4.67. The largest absolute Gasteiger partial charge is 0.326 e. The van der Waals surface area contributed by atoms with Gasteiger partial charge in [0.15, 0.2) is 0 Å². The zero-order chi connectivity index (χ0) is 16.8. The highest BCUT2D eigenvalue weighted by atomic mass is 35.5. The molecule has 0 heterocycles. The van der Waals surface area contributed by atoms with E-state index in [4.69, 9.17) is 11.6 Å². The summed E-state index contributed by atoms with van der Waals surface area (Å²) < 4.78 is 26.4. The Morgan fingerprint density at radius 1 is 1.27 bits per heavy atom. The fourth-order valence-electron chi connectivity index (χ4n) is 1.94. The minimum atomic E-state index is -3.67. The van der Waals surface area contributed by atoms with Crippen LogP contribution >= 0.6 is 11.6 Å². The van der Waals surface area contributed by atoms with Crippen molar-refractivity contribution in [2.75, 3.05) is 32.0 Å². The highest BCUT2D eigenvalue weighted by Gasteiger charge is 2.24. The maximum absolute atomic E-state index is 12.5. The van der Waals surface area contributed by atoms with Crippen LogP contribution in [-0.4, -0.2) is 45.3 Å². The molecule has 6 nitrogen and oxygen atoms in total. The van der Waals surface area contributed by atoms with Crippen molar-refractivity contribution in [3.8, 4) is 0 Å². The molecule has 1 aromatic rings. The van der Waals surface area contributed by atoms with Crippen molar-refractivity contribution in [1.29, 1.82) is 0 Å². The molecule has 0 saturated carbocycles. The molecule has 8 heteroatoms. The Labute approximate surface area is 136 Å². The van der Waals surface area contributed by atoms with E-state index in [0.717, 1.165) is 0 Å². The van der Waals surface area contributed by atoms with Gasteiger partial charge in [-0.15, -0.1) is 0 Å². The van der Waals surface area contributed by atoms with E-state index in [1.807, 2.05) is 0 Å². The van der Waals surface area contributed by atoms with Crippen molar-refractivity contribution in [2.24, 2.45) is 0 Å². The molecule has 0 aliphatic heterocycles. The molecule has 0 aliphatic rings. The van der Waals surface area contributed by atoms with Crippen molar-refractivity contribution < 1.29 is 13.2 Å². The average Bonchev–Trinajstić information content (AvgIpc) is 2.48. The number of hydrogen-bond donors (Lipinski definition) is 2. The molecule has 0 atom stereocenters. The summed E-state index contributed by atoms with van der Waals surface area (Å²) in [4.78, 5) is 11.7. The third-order valence-corrected chi connectivity index (χ3v) is 5.67. The van der Waals surface area contributed by atoms with Crippen molar-refractivity contribution in [3.63, 3.8) is 0 Å². The fraction of sp³-hybridized carbons (Fsp3) is 0.500. The van der Waals surface area contributed by atoms with Crippen molar-refractivity contribution in [1.82, 2.24) is 9.62 Å². The standard InChI is InChI=1S/C14H22ClN3O3S/c1-4-18(5-2)22(20,21)13-10-11(6-7-12(13)15)17-14(19)8-9-16-3/h6-7,10,16H,4-5,8-9H2,1-3H3,(H,17,19). The fourth-order valence-corrected chi connectivity index (χ4v) is 3.90. The van der Waals surface area contributed by atoms with Gasteiger partial charge in [-0.2, -0.15) is 4.31 Å². The Morgan fingerprint density at radius 3 is 2.45 bits per heavy atom. The van der Waals surface area contributed by atoms with Gasteiger partial charge in [0.05, 0.1) is 5.02 Å². The molecule has 0 saturated heterocycles. The van der Waals surface area contributed by atoms with Gasteiger partial charge in [0.25, 0.3) is 0 Å². The van der Waals surface area contributed by atoms with Crippen LogP contribution < -0.4 is 10.6 Å². The van der Waals surface area contributed by atoms with Crippen LogP contribution in [-0.2, 0) is 14.8 Å². The topological polar surface area (TPSA) is 78.5 Å². The number of hydrogen-bond acceptors (Lipinski definition) is 4. The molecule has 1 aromatic carbocycles. The number of halogens is 1. The molecule has 0 unspecified atom stereocenters. The summed E-state index contributed by atoms with van der Waals surface area (Å²) in [6.07, 6.45) is 0.303. The Bertz CT molecular complexity index is 616. The van der Waals surface area contributed by atoms with Gasteiger partial charge < -0.3 is 10.6 Å². The molecule has 22 heavy (non-hydrogen) atoms. The molecule has 0 spiro atoms. The van der Waals surface area contributed by atoms with Gasteiger partial charge in [-0.25, -0.2) is 8.42 Å². The number of carbonyl (C=O) groups is 1. The van der Waals surface area contributed by atoms with E-state index in [2.05, 4.69) is 10.6 Å². The lowest BCUT2D eigenvalue weighted by molar-refractivity contribution is -0.116. The van der Waals surface area contributed by atoms with Crippen molar-refractivity contribution >= 4 is 33.2 Å². The molecule has 0 bridgehead atoms. The molecular weight excluding hydrogens is 326 g/mol. The van der Waals surface area contributed by atoms with Crippen LogP contribution in [0.4, 0.5) is 5.69 Å². The van der Waals surface area contributed by atoms with Crippen LogP contribution in [0.5, 0.6) is 0 Å². The number of nitrogens with zero attached hydrogens (tertiary/aromatic N) is 1. The second-order valence-corrected chi connectivity index (χ2v) is 6.95. The number of rotatable bonds is 8. The molecule has 0 fully saturated rings. The van der Waals surface area contributed by atoms with Crippen LogP contribution in [0.3, 0.4) is 0 Å². The monoisotopic (exact) mass is 347 g/mol. The number of sulfonamides is 1. The Hall–Kier alpha value is -1.15. The average molecular weight is 348 g/mol. The van der Waals surface area contributed by atoms with E-state index < -0.39 is 10.0 Å². The smallest absolute Gasteiger partial charge is 0.244 e. The summed E-state index contributed by atoms with van der Waals surface area (Å²) in [7, 11) is -1.92. The molecule has 0 radical (unpaired) electrons. The van der Waals surface area contributed by atoms with E-state index in [1.165, 1.54) is 16.4 Å². The molecule has 0 aromatic heterocycles. The highest BCUT2D eigenvalue weighted by molar-refractivity contribution is 7.89. The van der Waals surface area contributed by atoms with Gasteiger partial charge in [-0.1, -0.05) is 25.4 Å². The first-order chi connectivity index (χ1) is 10.4. The number of anilines is 1. The van der Waals surface area contributed by atoms with Gasteiger partial charge in [0.2, 0.25) is 15.9 Å². The van der Waals surface area contributed by atoms with Gasteiger partial charge in [-0.3, -0.25) is 4.79 Å². The predicted octanol–water partition coefficient (Wildman–Crippen LogP) is 1.92. The first kappa shape index (κ1) is 18.9. The third-order valence-electron chi connectivity index (χ3n) is 3.14. The van der Waals surface area contributed by atoms with Crippen molar-refractivity contribution in [3.05, 3.63) is 23.2 Å². The first-order valence-electron chi connectivity index (χ1n) is 7.10. The second-order valence-electron chi connectivity index (χ2n) is 4.64. The maximum atomic E-state index is 12.5. The first-order valence-corrected chi connectivity index (χ1v) is 8.92. The number of carbonyl (C=O) groups excluding carboxylic acids is 1. The lowest BCUT2D eigenvalue weighted by Crippen LogP contribution is -2.31. The quantitative estimate of drug-likeness (QED) is 0.753. The van der Waals surface area contributed by atoms with Crippen LogP contribution in [0.1, 0.15) is 20.3 Å². The van der Waals surface area contributed by atoms with Gasteiger partial charge in [-0.05, 0) is 25.2 Å². The minimum absolute atomic E-state index is 0.00397. The van der Waals surface area contributed by atoms with Crippen LogP contribution in [0.25, 0.3) is 0 Å². The van der Waals surface area contributed by atoms with Crippen molar-refractivity contribution in [2.45, 2.75) is 25.2 Å². The number of nitrogens with one attached hydrogen (secondary N) is 2. The van der Waals surface area contributed by atoms with E-state index in [1.54, 1.807) is 27.0 Å². The number of amides is 1. The Kier molecular flexibility index (Phi) is 7.28. The summed E-state index contributed by atoms with van der Waals surface area (Å²) in [5.74, 6) is -0.192. The SMILES string of the molecule is CCN(CC)S(=O)(=O)c1cc(NC(=O)CCNC)ccc1Cl. The van der Waals surface area contributed by atoms with Gasteiger partial charge in [0.1, 0.15) is 4.90 Å². The molecule has 124 valence electrons. The summed E-state index contributed by atoms with van der Waals surface area (Å²) in [6.45, 7) is 4.78. The summed E-state index contributed by atoms with van der Waals surface area (Å²) in [5, 5.41) is 5.68. The zero-order valence-electron chi connectivity index (χ0n) is 13.0. The highest BCUT2D eigenvalue weighted by Crippen LogP contribution is 2.27.